The second-order valence-corrected chi connectivity index (χ2v) is 4.80. The third-order valence-corrected chi connectivity index (χ3v) is 3.47. The lowest BCUT2D eigenvalue weighted by molar-refractivity contribution is -0.0106. The van der Waals surface area contributed by atoms with E-state index in [1.54, 1.807) is 0 Å². The highest BCUT2D eigenvalue weighted by Gasteiger charge is 2.28. The molecule has 0 aromatic carbocycles. The van der Waals surface area contributed by atoms with Crippen molar-refractivity contribution in [1.29, 1.82) is 0 Å². The van der Waals surface area contributed by atoms with E-state index in [0.717, 1.165) is 0 Å². The van der Waals surface area contributed by atoms with Crippen molar-refractivity contribution in [3.63, 3.8) is 0 Å². The molecule has 0 radical (unpaired) electrons. The van der Waals surface area contributed by atoms with Crippen LogP contribution in [0.4, 0.5) is 5.82 Å². The third-order valence-electron chi connectivity index (χ3n) is 2.76. The lowest BCUT2D eigenvalue weighted by atomic mass is 10.2. The van der Waals surface area contributed by atoms with Gasteiger partial charge in [0.05, 0.1) is 31.7 Å². The number of hydrogen-bond acceptors (Lipinski definition) is 5. The zero-order chi connectivity index (χ0) is 12.4. The molecule has 1 aromatic rings. The molecule has 2 rings (SSSR count). The summed E-state index contributed by atoms with van der Waals surface area (Å²) in [5.74, 6) is 0.586. The molecule has 1 aliphatic rings. The standard InChI is InChI=1S/C10H14BrN3O3/c1-6-4-17-7(3-15)2-14(6)9-8(11)10(16)13-5-12-9/h5-7,15H,2-4H2,1H3,(H,12,13,16). The van der Waals surface area contributed by atoms with Gasteiger partial charge >= 0.3 is 0 Å². The van der Waals surface area contributed by atoms with Crippen LogP contribution in [0.25, 0.3) is 0 Å². The number of aliphatic hydroxyl groups is 1. The highest BCUT2D eigenvalue weighted by molar-refractivity contribution is 9.10. The molecule has 2 atom stereocenters. The largest absolute Gasteiger partial charge is 0.394 e. The Bertz CT molecular complexity index is 451. The fourth-order valence-corrected chi connectivity index (χ4v) is 2.24. The Labute approximate surface area is 107 Å². The van der Waals surface area contributed by atoms with Crippen LogP contribution in [-0.4, -0.2) is 47.0 Å². The summed E-state index contributed by atoms with van der Waals surface area (Å²) in [5, 5.41) is 9.11. The van der Waals surface area contributed by atoms with Crippen LogP contribution in [0.15, 0.2) is 15.6 Å². The maximum atomic E-state index is 11.5. The van der Waals surface area contributed by atoms with Crippen LogP contribution in [-0.2, 0) is 4.74 Å². The van der Waals surface area contributed by atoms with Gasteiger partial charge in [0.2, 0.25) is 0 Å². The number of halogens is 1. The van der Waals surface area contributed by atoms with Crippen molar-refractivity contribution >= 4 is 21.7 Å². The minimum absolute atomic E-state index is 0.0377. The van der Waals surface area contributed by atoms with Gasteiger partial charge in [-0.3, -0.25) is 4.79 Å². The van der Waals surface area contributed by atoms with Gasteiger partial charge in [-0.05, 0) is 22.9 Å². The third kappa shape index (κ3) is 2.51. The molecule has 94 valence electrons. The highest BCUT2D eigenvalue weighted by atomic mass is 79.9. The van der Waals surface area contributed by atoms with E-state index in [0.29, 0.717) is 23.4 Å². The van der Waals surface area contributed by atoms with Crippen molar-refractivity contribution in [2.45, 2.75) is 19.1 Å². The summed E-state index contributed by atoms with van der Waals surface area (Å²) in [6, 6.07) is 0.114. The Morgan fingerprint density at radius 1 is 1.76 bits per heavy atom. The average molecular weight is 304 g/mol. The monoisotopic (exact) mass is 303 g/mol. The molecule has 1 saturated heterocycles. The van der Waals surface area contributed by atoms with E-state index in [9.17, 15) is 4.79 Å². The second-order valence-electron chi connectivity index (χ2n) is 4.01. The van der Waals surface area contributed by atoms with E-state index in [1.807, 2.05) is 11.8 Å². The van der Waals surface area contributed by atoms with Crippen molar-refractivity contribution in [3.05, 3.63) is 21.2 Å². The summed E-state index contributed by atoms with van der Waals surface area (Å²) < 4.78 is 5.85. The van der Waals surface area contributed by atoms with Crippen molar-refractivity contribution in [3.8, 4) is 0 Å². The molecule has 6 nitrogen and oxygen atoms in total. The van der Waals surface area contributed by atoms with Gasteiger partial charge in [-0.1, -0.05) is 0 Å². The van der Waals surface area contributed by atoms with E-state index in [-0.39, 0.29) is 24.3 Å². The molecule has 7 heteroatoms. The maximum Gasteiger partial charge on any atom is 0.267 e. The predicted octanol–water partition coefficient (Wildman–Crippen LogP) is 0.118. The lowest BCUT2D eigenvalue weighted by Gasteiger charge is -2.38. The number of H-pyrrole nitrogens is 1. The van der Waals surface area contributed by atoms with Gasteiger partial charge in [0.25, 0.3) is 5.56 Å². The molecule has 1 aliphatic heterocycles. The number of nitrogens with one attached hydrogen (secondary N) is 1. The summed E-state index contributed by atoms with van der Waals surface area (Å²) in [5.41, 5.74) is -0.214. The number of morpholine rings is 1. The molecule has 0 saturated carbocycles. The van der Waals surface area contributed by atoms with Crippen molar-refractivity contribution in [2.24, 2.45) is 0 Å². The number of nitrogens with zero attached hydrogens (tertiary/aromatic N) is 2. The van der Waals surface area contributed by atoms with Crippen LogP contribution in [0.2, 0.25) is 0 Å². The van der Waals surface area contributed by atoms with Crippen molar-refractivity contribution in [2.75, 3.05) is 24.7 Å². The van der Waals surface area contributed by atoms with Crippen molar-refractivity contribution in [1.82, 2.24) is 9.97 Å². The molecular weight excluding hydrogens is 290 g/mol. The molecule has 0 bridgehead atoms. The van der Waals surface area contributed by atoms with Gasteiger partial charge in [0, 0.05) is 6.54 Å². The maximum absolute atomic E-state index is 11.5. The Morgan fingerprint density at radius 3 is 3.24 bits per heavy atom. The Hall–Kier alpha value is -0.920. The van der Waals surface area contributed by atoms with E-state index >= 15 is 0 Å². The quantitative estimate of drug-likeness (QED) is 0.811. The first-order valence-electron chi connectivity index (χ1n) is 5.35. The minimum Gasteiger partial charge on any atom is -0.394 e. The van der Waals surface area contributed by atoms with Crippen LogP contribution >= 0.6 is 15.9 Å². The fourth-order valence-electron chi connectivity index (χ4n) is 1.80. The van der Waals surface area contributed by atoms with Crippen LogP contribution in [0, 0.1) is 0 Å². The zero-order valence-corrected chi connectivity index (χ0v) is 11.0. The molecule has 2 heterocycles. The van der Waals surface area contributed by atoms with Crippen LogP contribution < -0.4 is 10.5 Å². The molecule has 2 unspecified atom stereocenters. The van der Waals surface area contributed by atoms with E-state index < -0.39 is 0 Å². The van der Waals surface area contributed by atoms with Gasteiger partial charge in [-0.15, -0.1) is 0 Å². The molecule has 1 fully saturated rings. The van der Waals surface area contributed by atoms with Crippen LogP contribution in [0.3, 0.4) is 0 Å². The highest BCUT2D eigenvalue weighted by Crippen LogP contribution is 2.24. The molecule has 17 heavy (non-hydrogen) atoms. The smallest absolute Gasteiger partial charge is 0.267 e. The number of rotatable bonds is 2. The van der Waals surface area contributed by atoms with Crippen molar-refractivity contribution < 1.29 is 9.84 Å². The molecule has 0 spiro atoms. The Kier molecular flexibility index (Phi) is 3.80. The topological polar surface area (TPSA) is 78.5 Å². The van der Waals surface area contributed by atoms with Gasteiger partial charge in [-0.25, -0.2) is 4.98 Å². The summed E-state index contributed by atoms with van der Waals surface area (Å²) in [6.07, 6.45) is 1.14. The first-order chi connectivity index (χ1) is 8.13. The number of anilines is 1. The summed E-state index contributed by atoms with van der Waals surface area (Å²) >= 11 is 3.23. The molecule has 0 amide bonds. The first kappa shape index (κ1) is 12.5. The second kappa shape index (κ2) is 5.16. The minimum atomic E-state index is -0.237. The number of aromatic nitrogens is 2. The number of aromatic amines is 1. The van der Waals surface area contributed by atoms with E-state index in [4.69, 9.17) is 9.84 Å². The fraction of sp³-hybridized carbons (Fsp3) is 0.600. The summed E-state index contributed by atoms with van der Waals surface area (Å²) in [7, 11) is 0. The molecule has 0 aliphatic carbocycles. The molecule has 1 aromatic heterocycles. The summed E-state index contributed by atoms with van der Waals surface area (Å²) in [6.45, 7) is 2.98. The Morgan fingerprint density at radius 2 is 2.53 bits per heavy atom. The zero-order valence-electron chi connectivity index (χ0n) is 9.39. The van der Waals surface area contributed by atoms with Gasteiger partial charge in [-0.2, -0.15) is 0 Å². The van der Waals surface area contributed by atoms with Crippen LogP contribution in [0.5, 0.6) is 0 Å². The SMILES string of the molecule is CC1COC(CO)CN1c1nc[nH]c(=O)c1Br. The molecule has 2 N–H and O–H groups in total. The normalized spacial score (nSPS) is 25.0. The Balaban J connectivity index is 2.31. The van der Waals surface area contributed by atoms with Gasteiger partial charge in [0.1, 0.15) is 4.47 Å². The van der Waals surface area contributed by atoms with Crippen LogP contribution in [0.1, 0.15) is 6.92 Å². The summed E-state index contributed by atoms with van der Waals surface area (Å²) in [4.78, 5) is 20.1. The van der Waals surface area contributed by atoms with Gasteiger partial charge < -0.3 is 19.7 Å². The first-order valence-corrected chi connectivity index (χ1v) is 6.15. The predicted molar refractivity (Wildman–Crippen MR) is 66.2 cm³/mol. The van der Waals surface area contributed by atoms with E-state index in [1.165, 1.54) is 6.33 Å². The number of aliphatic hydroxyl groups excluding tert-OH is 1. The number of ether oxygens (including phenoxy) is 1. The van der Waals surface area contributed by atoms with Gasteiger partial charge in [0.15, 0.2) is 5.82 Å². The lowest BCUT2D eigenvalue weighted by Crippen LogP contribution is -2.50. The number of hydrogen-bond donors (Lipinski definition) is 2. The van der Waals surface area contributed by atoms with E-state index in [2.05, 4.69) is 25.9 Å². The molecular formula is C10H14BrN3O3. The average Bonchev–Trinajstić information content (AvgIpc) is 2.34.